The lowest BCUT2D eigenvalue weighted by Crippen LogP contribution is -2.53. The van der Waals surface area contributed by atoms with Crippen LogP contribution in [-0.2, 0) is 12.4 Å². The van der Waals surface area contributed by atoms with E-state index in [1.165, 1.54) is 0 Å². The Hall–Kier alpha value is -1.91. The predicted octanol–water partition coefficient (Wildman–Crippen LogP) is 3.77. The third kappa shape index (κ3) is 3.74. The zero-order valence-electron chi connectivity index (χ0n) is 13.8. The van der Waals surface area contributed by atoms with E-state index in [0.29, 0.717) is 31.5 Å². The number of alkyl halides is 6. The number of aromatic nitrogens is 1. The number of para-hydroxylation sites is 1. The molecule has 1 aliphatic heterocycles. The molecular formula is C17H16F6N2O2. The van der Waals surface area contributed by atoms with Gasteiger partial charge in [-0.05, 0) is 43.5 Å². The number of pyridine rings is 1. The first-order chi connectivity index (χ1) is 12.4. The lowest BCUT2D eigenvalue weighted by atomic mass is 9.88. The first-order valence-corrected chi connectivity index (χ1v) is 8.17. The molecular weight excluding hydrogens is 378 g/mol. The molecule has 1 unspecified atom stereocenters. The van der Waals surface area contributed by atoms with Crippen LogP contribution in [0.2, 0.25) is 0 Å². The Morgan fingerprint density at radius 1 is 1.07 bits per heavy atom. The van der Waals surface area contributed by atoms with Crippen molar-refractivity contribution >= 4 is 10.9 Å². The highest BCUT2D eigenvalue weighted by molar-refractivity contribution is 5.86. The number of halogens is 6. The molecule has 0 saturated carbocycles. The minimum absolute atomic E-state index is 0.0400. The SMILES string of the molecule is O[C@H](c1cc(C(F)(F)F)nc2c(C(F)(F)F)cccc12)C1(O)CCCCN1. The molecule has 1 aromatic heterocycles. The largest absolute Gasteiger partial charge is 0.433 e. The normalized spacial score (nSPS) is 22.8. The molecule has 1 fully saturated rings. The molecule has 3 N–H and O–H groups in total. The Labute approximate surface area is 149 Å². The van der Waals surface area contributed by atoms with Crippen LogP contribution in [0.4, 0.5) is 26.3 Å². The third-order valence-corrected chi connectivity index (χ3v) is 4.63. The molecule has 0 spiro atoms. The topological polar surface area (TPSA) is 65.4 Å². The monoisotopic (exact) mass is 394 g/mol. The van der Waals surface area contributed by atoms with Gasteiger partial charge in [0.25, 0.3) is 0 Å². The second kappa shape index (κ2) is 6.61. The number of benzene rings is 1. The smallest absolute Gasteiger partial charge is 0.384 e. The molecule has 0 radical (unpaired) electrons. The molecule has 0 bridgehead atoms. The van der Waals surface area contributed by atoms with Gasteiger partial charge in [0.15, 0.2) is 0 Å². The molecule has 0 aliphatic carbocycles. The number of fused-ring (bicyclic) bond motifs is 1. The minimum Gasteiger partial charge on any atom is -0.384 e. The Balaban J connectivity index is 2.28. The van der Waals surface area contributed by atoms with Crippen molar-refractivity contribution in [1.82, 2.24) is 10.3 Å². The Bertz CT molecular complexity index is 844. The van der Waals surface area contributed by atoms with Gasteiger partial charge in [0, 0.05) is 5.39 Å². The van der Waals surface area contributed by atoms with Crippen LogP contribution in [0.25, 0.3) is 10.9 Å². The highest BCUT2D eigenvalue weighted by Crippen LogP contribution is 2.41. The van der Waals surface area contributed by atoms with E-state index < -0.39 is 46.5 Å². The highest BCUT2D eigenvalue weighted by Gasteiger charge is 2.42. The second-order valence-electron chi connectivity index (χ2n) is 6.50. The maximum Gasteiger partial charge on any atom is 0.433 e. The van der Waals surface area contributed by atoms with Crippen molar-refractivity contribution in [2.24, 2.45) is 0 Å². The lowest BCUT2D eigenvalue weighted by Gasteiger charge is -2.38. The molecule has 2 aromatic rings. The van der Waals surface area contributed by atoms with Crippen LogP contribution in [0, 0.1) is 0 Å². The van der Waals surface area contributed by atoms with Crippen molar-refractivity contribution in [3.8, 4) is 0 Å². The lowest BCUT2D eigenvalue weighted by molar-refractivity contribution is -0.142. The van der Waals surface area contributed by atoms with E-state index in [1.807, 2.05) is 0 Å². The van der Waals surface area contributed by atoms with Crippen LogP contribution in [0.5, 0.6) is 0 Å². The fourth-order valence-corrected chi connectivity index (χ4v) is 3.28. The predicted molar refractivity (Wildman–Crippen MR) is 83.5 cm³/mol. The first kappa shape index (κ1) is 19.8. The van der Waals surface area contributed by atoms with Crippen molar-refractivity contribution in [1.29, 1.82) is 0 Å². The standard InChI is InChI=1S/C17H16F6N2O2/c18-16(19,20)11-5-3-4-9-10(8-12(17(21,22)23)25-13(9)11)14(26)15(27)6-1-2-7-24-15/h3-5,8,14,24,26-27H,1-2,6-7H2/t14-,15?/m1/s1. The van der Waals surface area contributed by atoms with Gasteiger partial charge in [-0.3, -0.25) is 5.32 Å². The van der Waals surface area contributed by atoms with E-state index in [9.17, 15) is 36.6 Å². The second-order valence-corrected chi connectivity index (χ2v) is 6.50. The summed E-state index contributed by atoms with van der Waals surface area (Å²) in [5.74, 6) is 0. The molecule has 1 saturated heterocycles. The van der Waals surface area contributed by atoms with Crippen LogP contribution in [-0.4, -0.2) is 27.5 Å². The summed E-state index contributed by atoms with van der Waals surface area (Å²) in [6, 6.07) is 3.28. The minimum atomic E-state index is -5.02. The van der Waals surface area contributed by atoms with Crippen molar-refractivity contribution in [3.05, 3.63) is 41.1 Å². The van der Waals surface area contributed by atoms with Crippen LogP contribution in [0.1, 0.15) is 42.2 Å². The summed E-state index contributed by atoms with van der Waals surface area (Å²) in [4.78, 5) is 3.17. The summed E-state index contributed by atoms with van der Waals surface area (Å²) >= 11 is 0. The molecule has 2 heterocycles. The number of nitrogens with one attached hydrogen (secondary N) is 1. The number of rotatable bonds is 2. The third-order valence-electron chi connectivity index (χ3n) is 4.63. The average Bonchev–Trinajstić information content (AvgIpc) is 2.58. The molecule has 1 aromatic carbocycles. The number of piperidine rings is 1. The number of aliphatic hydroxyl groups excluding tert-OH is 1. The van der Waals surface area contributed by atoms with Gasteiger partial charge in [-0.15, -0.1) is 0 Å². The summed E-state index contributed by atoms with van der Waals surface area (Å²) in [6.07, 6.45) is -10.6. The first-order valence-electron chi connectivity index (χ1n) is 8.17. The zero-order valence-corrected chi connectivity index (χ0v) is 13.8. The average molecular weight is 394 g/mol. The molecule has 10 heteroatoms. The summed E-state index contributed by atoms with van der Waals surface area (Å²) in [7, 11) is 0. The summed E-state index contributed by atoms with van der Waals surface area (Å²) < 4.78 is 79.5. The fourth-order valence-electron chi connectivity index (χ4n) is 3.28. The van der Waals surface area contributed by atoms with E-state index in [2.05, 4.69) is 10.3 Å². The van der Waals surface area contributed by atoms with Gasteiger partial charge in [0.05, 0.1) is 11.1 Å². The number of hydrogen-bond acceptors (Lipinski definition) is 4. The summed E-state index contributed by atoms with van der Waals surface area (Å²) in [5, 5.41) is 23.5. The van der Waals surface area contributed by atoms with Gasteiger partial charge in [0.1, 0.15) is 17.5 Å². The quantitative estimate of drug-likeness (QED) is 0.679. The summed E-state index contributed by atoms with van der Waals surface area (Å²) in [6.45, 7) is 0.316. The number of aliphatic hydroxyl groups is 2. The molecule has 0 amide bonds. The van der Waals surface area contributed by atoms with Crippen LogP contribution >= 0.6 is 0 Å². The molecule has 4 nitrogen and oxygen atoms in total. The van der Waals surface area contributed by atoms with E-state index in [-0.39, 0.29) is 11.8 Å². The van der Waals surface area contributed by atoms with Gasteiger partial charge in [-0.2, -0.15) is 26.3 Å². The van der Waals surface area contributed by atoms with Crippen LogP contribution in [0.3, 0.4) is 0 Å². The molecule has 2 atom stereocenters. The van der Waals surface area contributed by atoms with Gasteiger partial charge in [0.2, 0.25) is 0 Å². The van der Waals surface area contributed by atoms with Crippen molar-refractivity contribution in [2.75, 3.05) is 6.54 Å². The van der Waals surface area contributed by atoms with Gasteiger partial charge in [-0.25, -0.2) is 4.98 Å². The molecule has 148 valence electrons. The summed E-state index contributed by atoms with van der Waals surface area (Å²) in [5.41, 5.74) is -6.24. The Morgan fingerprint density at radius 3 is 2.33 bits per heavy atom. The van der Waals surface area contributed by atoms with Crippen molar-refractivity contribution < 1.29 is 36.6 Å². The van der Waals surface area contributed by atoms with E-state index in [1.54, 1.807) is 0 Å². The van der Waals surface area contributed by atoms with E-state index in [4.69, 9.17) is 0 Å². The maximum atomic E-state index is 13.3. The van der Waals surface area contributed by atoms with E-state index in [0.717, 1.165) is 12.1 Å². The number of hydrogen-bond donors (Lipinski definition) is 3. The fraction of sp³-hybridized carbons (Fsp3) is 0.471. The molecule has 3 rings (SSSR count). The van der Waals surface area contributed by atoms with Crippen molar-refractivity contribution in [2.45, 2.75) is 43.4 Å². The Morgan fingerprint density at radius 2 is 1.78 bits per heavy atom. The molecule has 1 aliphatic rings. The van der Waals surface area contributed by atoms with Crippen molar-refractivity contribution in [3.63, 3.8) is 0 Å². The number of nitrogens with zero attached hydrogens (tertiary/aromatic N) is 1. The van der Waals surface area contributed by atoms with Gasteiger partial charge in [-0.1, -0.05) is 12.1 Å². The van der Waals surface area contributed by atoms with Crippen LogP contribution in [0.15, 0.2) is 24.3 Å². The molecule has 27 heavy (non-hydrogen) atoms. The Kier molecular flexibility index (Phi) is 4.86. The maximum absolute atomic E-state index is 13.3. The van der Waals surface area contributed by atoms with Gasteiger partial charge < -0.3 is 10.2 Å². The van der Waals surface area contributed by atoms with Crippen LogP contribution < -0.4 is 5.32 Å². The van der Waals surface area contributed by atoms with Gasteiger partial charge >= 0.3 is 12.4 Å². The van der Waals surface area contributed by atoms with E-state index >= 15 is 0 Å². The highest BCUT2D eigenvalue weighted by atomic mass is 19.4. The zero-order chi connectivity index (χ0) is 20.0.